The van der Waals surface area contributed by atoms with Crippen molar-refractivity contribution in [2.24, 2.45) is 23.1 Å². The number of carbonyl (C=O) groups is 17. The van der Waals surface area contributed by atoms with Crippen LogP contribution < -0.4 is 75.7 Å². The molecular formula is C90H130N22O20S. The number of H-pyrrole nitrogens is 2. The standard InChI is InChI=1S/C90H130N22O20S/c1-9-11-27-69-82(125)100-60(26-18-36-95-90(93)94)78(121)107-68(77(120)98-46-73(92)115)48-133-49-74(116)99-65(40-52-31-33-55(114)34-32-52)85(128)108(6)51(5)76(119)101-61(25-17-35-91)87(130)111-37-19-29-70(111)84(127)103-63(43-75(117)118)80(123)104-64(39-50(3)4)88(131)112-38-20-30-71(112)83(126)102-62(41-53-44-96-58-23-15-13-21-56(53)58)79(122)106-67(47-113)81(124)105-66(42-54-45-97-59-24-16-14-22-57(54)59)86(129)110(8)72(28-12-10-2)89(132)109(69)7/h13-16,21-24,31-34,44-45,50-51,60-72,96-97,113-114H,9-12,17-20,25-30,35-43,46-49,91H2,1-8H3,(H2,92,115)(H,98,120)(H,99,116)(H,100,125)(H,101,119)(H,102,126)(H,103,127)(H,104,123)(H,105,124)(H,106,122)(H,107,121)(H,117,118)(H4,93,94,95)/t51-,60-,61-,62-,63-,64-,65-,66-,67-,68-,69-,70-,71-,72-/m0/s1. The van der Waals surface area contributed by atoms with Gasteiger partial charge in [0.1, 0.15) is 90.3 Å². The summed E-state index contributed by atoms with van der Waals surface area (Å²) in [7, 11) is 3.97. The Morgan fingerprint density at radius 2 is 1.02 bits per heavy atom. The molecule has 3 aliphatic rings. The van der Waals surface area contributed by atoms with Gasteiger partial charge in [-0.15, -0.1) is 11.8 Å². The van der Waals surface area contributed by atoms with Gasteiger partial charge in [0.2, 0.25) is 94.5 Å². The van der Waals surface area contributed by atoms with Gasteiger partial charge in [-0.05, 0) is 131 Å². The Balaban J connectivity index is 1.19. The van der Waals surface area contributed by atoms with E-state index in [1.54, 1.807) is 74.8 Å². The normalized spacial score (nSPS) is 24.4. The van der Waals surface area contributed by atoms with E-state index in [-0.39, 0.29) is 128 Å². The molecule has 3 fully saturated rings. The van der Waals surface area contributed by atoms with Crippen LogP contribution in [0.25, 0.3) is 21.8 Å². The van der Waals surface area contributed by atoms with Gasteiger partial charge in [0.15, 0.2) is 5.96 Å². The molecule has 23 N–H and O–H groups in total. The first-order valence-corrected chi connectivity index (χ1v) is 46.3. The van der Waals surface area contributed by atoms with Crippen LogP contribution in [0.5, 0.6) is 5.75 Å². The number of likely N-dealkylation sites (N-methyl/N-ethyl adjacent to an activating group) is 3. The van der Waals surface area contributed by atoms with Crippen LogP contribution in [0.4, 0.5) is 0 Å². The monoisotopic (exact) mass is 1870 g/mol. The van der Waals surface area contributed by atoms with Crippen LogP contribution in [0.2, 0.25) is 0 Å². The highest BCUT2D eigenvalue weighted by Gasteiger charge is 2.46. The number of unbranched alkanes of at least 4 members (excludes halogenated alkanes) is 2. The Morgan fingerprint density at radius 3 is 1.58 bits per heavy atom. The number of nitrogens with zero attached hydrogens (tertiary/aromatic N) is 5. The molecule has 0 saturated carbocycles. The molecule has 133 heavy (non-hydrogen) atoms. The van der Waals surface area contributed by atoms with Crippen molar-refractivity contribution < 1.29 is 96.8 Å². The number of phenolic OH excluding ortho intramolecular Hbond substituents is 1. The van der Waals surface area contributed by atoms with E-state index in [0.717, 1.165) is 31.4 Å². The van der Waals surface area contributed by atoms with Gasteiger partial charge in [0.05, 0.1) is 25.3 Å². The lowest BCUT2D eigenvalue weighted by molar-refractivity contribution is -0.149. The lowest BCUT2D eigenvalue weighted by Gasteiger charge is -2.36. The summed E-state index contributed by atoms with van der Waals surface area (Å²) in [6, 6.07) is -1.47. The van der Waals surface area contributed by atoms with Crippen LogP contribution in [0, 0.1) is 11.3 Å². The number of carbonyl (C=O) groups excluding carboxylic acids is 16. The molecule has 16 amide bonds. The maximum Gasteiger partial charge on any atom is 0.305 e. The predicted molar refractivity (Wildman–Crippen MR) is 493 cm³/mol. The summed E-state index contributed by atoms with van der Waals surface area (Å²) in [5, 5.41) is 69.9. The van der Waals surface area contributed by atoms with Gasteiger partial charge in [-0.25, -0.2) is 0 Å². The molecule has 3 aliphatic heterocycles. The number of aromatic nitrogens is 2. The maximum atomic E-state index is 15.7. The third-order valence-electron chi connectivity index (χ3n) is 24.0. The molecule has 43 heteroatoms. The van der Waals surface area contributed by atoms with Crippen LogP contribution in [0.1, 0.15) is 154 Å². The second kappa shape index (κ2) is 51.2. The van der Waals surface area contributed by atoms with Crippen molar-refractivity contribution in [3.8, 4) is 5.75 Å². The molecule has 14 atom stereocenters. The molecular weight excluding hydrogens is 1740 g/mol. The fourth-order valence-corrected chi connectivity index (χ4v) is 17.4. The van der Waals surface area contributed by atoms with E-state index in [9.17, 15) is 63.3 Å². The number of aliphatic hydroxyl groups excluding tert-OH is 1. The van der Waals surface area contributed by atoms with Crippen LogP contribution in [0.15, 0.2) is 85.2 Å². The third kappa shape index (κ3) is 30.0. The number of aromatic hydroxyl groups is 1. The minimum absolute atomic E-state index is 0.00215. The Hall–Kier alpha value is -12.9. The average Bonchev–Trinajstić information content (AvgIpc) is 1.71. The maximum absolute atomic E-state index is 15.7. The SMILES string of the molecule is CCCC[C@H]1C(=O)N(C)[C@@H](CCCC)C(=O)N[C@@H](CCCNC(=N)N)C(=O)N[C@H](C(=O)NCC(N)=O)CSCC(=O)N[C@@H](Cc2ccc(O)cc2)C(=O)N(C)[C@@H](C)C(=O)N[C@@H](CCCN)C(=O)N2CCC[C@H]2C(=O)N[C@@H](CC(=O)O)C(=O)N[C@@H](CC(C)C)C(=O)N2CCC[C@H]2C(=O)N[C@@H](Cc2c[nH]c3ccccc23)C(=O)N[C@@H](CO)C(=O)N[C@@H](Cc2c[nH]c3ccccc23)C(=O)N1C. The Bertz CT molecular complexity index is 4950. The predicted octanol–water partition coefficient (Wildman–Crippen LogP) is -1.53. The lowest BCUT2D eigenvalue weighted by atomic mass is 10.00. The molecule has 0 aliphatic carbocycles. The van der Waals surface area contributed by atoms with E-state index in [1.807, 2.05) is 13.8 Å². The summed E-state index contributed by atoms with van der Waals surface area (Å²) in [5.74, 6) is -18.0. The number of fused-ring (bicyclic) bond motifs is 4. The number of nitrogens with two attached hydrogens (primary N) is 3. The van der Waals surface area contributed by atoms with E-state index < -0.39 is 222 Å². The van der Waals surface area contributed by atoms with Crippen molar-refractivity contribution in [2.45, 2.75) is 241 Å². The number of primary amides is 1. The Labute approximate surface area is 775 Å². The number of thioether (sulfide) groups is 1. The molecule has 8 rings (SSSR count). The third-order valence-corrected chi connectivity index (χ3v) is 25.0. The lowest BCUT2D eigenvalue weighted by Crippen LogP contribution is -2.61. The number of phenols is 1. The summed E-state index contributed by atoms with van der Waals surface area (Å²) in [5.41, 5.74) is 19.8. The number of benzene rings is 3. The van der Waals surface area contributed by atoms with Crippen molar-refractivity contribution >= 4 is 140 Å². The Kier molecular flexibility index (Phi) is 40.6. The van der Waals surface area contributed by atoms with E-state index in [2.05, 4.69) is 68.5 Å². The van der Waals surface area contributed by atoms with Crippen LogP contribution >= 0.6 is 11.8 Å². The van der Waals surface area contributed by atoms with Gasteiger partial charge in [-0.1, -0.05) is 102 Å². The molecule has 42 nitrogen and oxygen atoms in total. The molecule has 5 aromatic rings. The van der Waals surface area contributed by atoms with Gasteiger partial charge >= 0.3 is 5.97 Å². The second-order valence-corrected chi connectivity index (χ2v) is 35.4. The molecule has 0 spiro atoms. The number of para-hydroxylation sites is 2. The van der Waals surface area contributed by atoms with Crippen molar-refractivity contribution in [1.29, 1.82) is 5.41 Å². The number of rotatable bonds is 27. The number of nitrogens with one attached hydrogen (secondary N) is 14. The molecule has 3 aromatic carbocycles. The fourth-order valence-electron chi connectivity index (χ4n) is 16.5. The number of hydrogen-bond acceptors (Lipinski definition) is 22. The van der Waals surface area contributed by atoms with Gasteiger partial charge in [0, 0.05) is 100.0 Å². The summed E-state index contributed by atoms with van der Waals surface area (Å²) >= 11 is 0.779. The van der Waals surface area contributed by atoms with E-state index in [0.29, 0.717) is 64.2 Å². The summed E-state index contributed by atoms with van der Waals surface area (Å²) in [6.07, 6.45) is 3.38. The van der Waals surface area contributed by atoms with Gasteiger partial charge in [0.25, 0.3) is 0 Å². The minimum atomic E-state index is -1.88. The first-order valence-electron chi connectivity index (χ1n) is 45.1. The number of carboxylic acid groups (broad SMARTS) is 1. The zero-order valence-corrected chi connectivity index (χ0v) is 77.3. The van der Waals surface area contributed by atoms with E-state index in [4.69, 9.17) is 22.6 Å². The smallest absolute Gasteiger partial charge is 0.305 e. The number of hydrogen-bond donors (Lipinski definition) is 20. The van der Waals surface area contributed by atoms with Gasteiger partial charge < -0.3 is 125 Å². The number of amides is 16. The van der Waals surface area contributed by atoms with Crippen LogP contribution in [0.3, 0.4) is 0 Å². The molecule has 5 heterocycles. The number of aliphatic carboxylic acids is 1. The van der Waals surface area contributed by atoms with Crippen molar-refractivity contribution in [3.05, 3.63) is 102 Å². The first-order chi connectivity index (χ1) is 63.4. The average molecular weight is 1870 g/mol. The topological polar surface area (TPSA) is 633 Å². The summed E-state index contributed by atoms with van der Waals surface area (Å²) < 4.78 is 0. The number of carboxylic acids is 1. The molecule has 0 radical (unpaired) electrons. The fraction of sp³-hybridized carbons (Fsp3) is 0.556. The zero-order chi connectivity index (χ0) is 97.4. The highest BCUT2D eigenvalue weighted by Crippen LogP contribution is 2.28. The number of aromatic amines is 2. The first kappa shape index (κ1) is 105. The highest BCUT2D eigenvalue weighted by atomic mass is 32.2. The highest BCUT2D eigenvalue weighted by molar-refractivity contribution is 8.00. The van der Waals surface area contributed by atoms with Crippen molar-refractivity contribution in [2.75, 3.05) is 72.0 Å². The summed E-state index contributed by atoms with van der Waals surface area (Å²) in [4.78, 5) is 261. The molecule has 0 bridgehead atoms. The minimum Gasteiger partial charge on any atom is -0.508 e. The van der Waals surface area contributed by atoms with E-state index >= 15 is 33.6 Å². The quantitative estimate of drug-likeness (QED) is 0.0161. The Morgan fingerprint density at radius 1 is 0.526 bits per heavy atom. The largest absolute Gasteiger partial charge is 0.508 e. The van der Waals surface area contributed by atoms with Crippen molar-refractivity contribution in [3.63, 3.8) is 0 Å². The zero-order valence-electron chi connectivity index (χ0n) is 76.5. The molecule has 726 valence electrons. The molecule has 3 saturated heterocycles. The number of guanidine groups is 1. The van der Waals surface area contributed by atoms with Crippen molar-refractivity contribution in [1.82, 2.24) is 93.0 Å². The number of aliphatic hydroxyl groups is 1. The van der Waals surface area contributed by atoms with Crippen LogP contribution in [-0.2, 0) is 101 Å². The second-order valence-electron chi connectivity index (χ2n) is 34.3. The summed E-state index contributed by atoms with van der Waals surface area (Å²) in [6.45, 7) is 6.61. The van der Waals surface area contributed by atoms with Gasteiger partial charge in [-0.2, -0.15) is 0 Å². The molecule has 2 aromatic heterocycles. The van der Waals surface area contributed by atoms with Crippen LogP contribution in [-0.4, -0.2) is 313 Å². The molecule has 0 unspecified atom stereocenters. The van der Waals surface area contributed by atoms with Gasteiger partial charge in [-0.3, -0.25) is 86.9 Å². The van der Waals surface area contributed by atoms with E-state index in [1.165, 1.54) is 57.2 Å².